The first kappa shape index (κ1) is 15.3. The number of rotatable bonds is 5. The lowest BCUT2D eigenvalue weighted by molar-refractivity contribution is -0.137. The molecule has 10 heteroatoms. The maximum Gasteiger partial charge on any atom is 0.406 e. The van der Waals surface area contributed by atoms with Crippen molar-refractivity contribution in [2.24, 2.45) is 0 Å². The van der Waals surface area contributed by atoms with Crippen LogP contribution in [0.3, 0.4) is 0 Å². The summed E-state index contributed by atoms with van der Waals surface area (Å²) in [4.78, 5) is 25.6. The van der Waals surface area contributed by atoms with Crippen LogP contribution < -0.4 is 10.9 Å². The second-order valence-corrected chi connectivity index (χ2v) is 4.02. The molecule has 0 bridgehead atoms. The van der Waals surface area contributed by atoms with Crippen LogP contribution in [0.4, 0.5) is 19.0 Å². The number of hydrogen-bond donors (Lipinski definition) is 2. The summed E-state index contributed by atoms with van der Waals surface area (Å²) < 4.78 is 37.3. The Balaban J connectivity index is 2.80. The van der Waals surface area contributed by atoms with E-state index in [1.807, 2.05) is 0 Å². The first-order chi connectivity index (χ1) is 8.71. The van der Waals surface area contributed by atoms with Crippen molar-refractivity contribution < 1.29 is 23.1 Å². The van der Waals surface area contributed by atoms with E-state index in [-0.39, 0.29) is 0 Å². The van der Waals surface area contributed by atoms with E-state index in [0.29, 0.717) is 0 Å². The number of nitrogens with one attached hydrogen (secondary N) is 1. The zero-order valence-corrected chi connectivity index (χ0v) is 10.1. The van der Waals surface area contributed by atoms with Gasteiger partial charge in [-0.05, 0) is 0 Å². The number of halogens is 4. The van der Waals surface area contributed by atoms with Gasteiger partial charge in [0.15, 0.2) is 5.82 Å². The summed E-state index contributed by atoms with van der Waals surface area (Å²) >= 11 is 5.07. The highest BCUT2D eigenvalue weighted by molar-refractivity contribution is 6.21. The monoisotopic (exact) mass is 299 g/mol. The van der Waals surface area contributed by atoms with Crippen molar-refractivity contribution in [1.29, 1.82) is 0 Å². The molecule has 0 aliphatic rings. The lowest BCUT2D eigenvalue weighted by atomic mass is 10.4. The third-order valence-electron chi connectivity index (χ3n) is 2.02. The molecule has 0 saturated carbocycles. The van der Waals surface area contributed by atoms with Crippen LogP contribution in [0, 0.1) is 0 Å². The van der Waals surface area contributed by atoms with E-state index in [1.54, 1.807) is 0 Å². The van der Waals surface area contributed by atoms with E-state index in [0.717, 1.165) is 17.0 Å². The predicted molar refractivity (Wildman–Crippen MR) is 60.3 cm³/mol. The molecule has 6 nitrogen and oxygen atoms in total. The highest BCUT2D eigenvalue weighted by Crippen LogP contribution is 2.24. The highest BCUT2D eigenvalue weighted by Gasteiger charge is 2.38. The predicted octanol–water partition coefficient (Wildman–Crippen LogP) is 0.909. The van der Waals surface area contributed by atoms with Gasteiger partial charge < -0.3 is 10.4 Å². The van der Waals surface area contributed by atoms with Crippen molar-refractivity contribution in [3.63, 3.8) is 0 Å². The summed E-state index contributed by atoms with van der Waals surface area (Å²) in [6, 6.07) is 0. The minimum Gasteiger partial charge on any atom is -0.480 e. The SMILES string of the molecule is O=C(O)Cn1ccnc(NCC(Cl)C(F)(F)F)c1=O. The minimum atomic E-state index is -4.61. The Kier molecular flexibility index (Phi) is 4.76. The van der Waals surface area contributed by atoms with Gasteiger partial charge in [-0.3, -0.25) is 14.2 Å². The number of carboxylic acids is 1. The zero-order chi connectivity index (χ0) is 14.6. The fraction of sp³-hybridized carbons (Fsp3) is 0.444. The van der Waals surface area contributed by atoms with Crippen LogP contribution in [0.1, 0.15) is 0 Å². The standard InChI is InChI=1S/C9H9ClF3N3O3/c10-5(9(11,12)13)3-15-7-8(19)16(2-1-14-7)4-6(17)18/h1-2,5H,3-4H2,(H,14,15)(H,17,18). The minimum absolute atomic E-state index is 0.390. The summed E-state index contributed by atoms with van der Waals surface area (Å²) in [5.41, 5.74) is -0.837. The number of carboxylic acid groups (broad SMARTS) is 1. The molecule has 2 N–H and O–H groups in total. The fourth-order valence-electron chi connectivity index (χ4n) is 1.14. The molecule has 1 heterocycles. The van der Waals surface area contributed by atoms with E-state index in [2.05, 4.69) is 10.3 Å². The van der Waals surface area contributed by atoms with Crippen LogP contribution in [-0.2, 0) is 11.3 Å². The van der Waals surface area contributed by atoms with E-state index in [9.17, 15) is 22.8 Å². The van der Waals surface area contributed by atoms with E-state index >= 15 is 0 Å². The van der Waals surface area contributed by atoms with Crippen LogP contribution >= 0.6 is 11.6 Å². The van der Waals surface area contributed by atoms with Gasteiger partial charge >= 0.3 is 12.1 Å². The Hall–Kier alpha value is -1.77. The molecular formula is C9H9ClF3N3O3. The highest BCUT2D eigenvalue weighted by atomic mass is 35.5. The van der Waals surface area contributed by atoms with Gasteiger partial charge in [-0.2, -0.15) is 13.2 Å². The molecule has 19 heavy (non-hydrogen) atoms. The summed E-state index contributed by atoms with van der Waals surface area (Å²) in [5.74, 6) is -1.65. The number of alkyl halides is 4. The average Bonchev–Trinajstić information content (AvgIpc) is 2.28. The summed E-state index contributed by atoms with van der Waals surface area (Å²) in [7, 11) is 0. The Bertz CT molecular complexity index is 517. The van der Waals surface area contributed by atoms with Crippen molar-refractivity contribution in [2.45, 2.75) is 18.1 Å². The Labute approximate surface area is 109 Å². The fourth-order valence-corrected chi connectivity index (χ4v) is 1.22. The Morgan fingerprint density at radius 3 is 2.74 bits per heavy atom. The second kappa shape index (κ2) is 5.91. The molecule has 106 valence electrons. The number of aliphatic carboxylic acids is 1. The molecule has 0 aromatic carbocycles. The van der Waals surface area contributed by atoms with Crippen molar-refractivity contribution in [2.75, 3.05) is 11.9 Å². The summed E-state index contributed by atoms with van der Waals surface area (Å²) in [6.45, 7) is -1.36. The van der Waals surface area contributed by atoms with Crippen LogP contribution in [0.5, 0.6) is 0 Å². The molecule has 0 aliphatic carbocycles. The lowest BCUT2D eigenvalue weighted by Gasteiger charge is -2.14. The number of anilines is 1. The molecule has 0 amide bonds. The van der Waals surface area contributed by atoms with Crippen LogP contribution in [0.2, 0.25) is 0 Å². The Morgan fingerprint density at radius 2 is 2.21 bits per heavy atom. The molecule has 0 aliphatic heterocycles. The third-order valence-corrected chi connectivity index (χ3v) is 2.42. The maximum absolute atomic E-state index is 12.2. The molecule has 0 radical (unpaired) electrons. The zero-order valence-electron chi connectivity index (χ0n) is 9.32. The van der Waals surface area contributed by atoms with Gasteiger partial charge in [0.2, 0.25) is 0 Å². The molecule has 1 rings (SSSR count). The molecule has 1 atom stereocenters. The number of carbonyl (C=O) groups is 1. The average molecular weight is 300 g/mol. The molecule has 0 spiro atoms. The van der Waals surface area contributed by atoms with Crippen molar-refractivity contribution in [3.05, 3.63) is 22.7 Å². The smallest absolute Gasteiger partial charge is 0.406 e. The van der Waals surface area contributed by atoms with Crippen LogP contribution in [0.25, 0.3) is 0 Å². The van der Waals surface area contributed by atoms with Gasteiger partial charge in [0.1, 0.15) is 11.9 Å². The quantitative estimate of drug-likeness (QED) is 0.790. The maximum atomic E-state index is 12.2. The molecule has 1 aromatic heterocycles. The van der Waals surface area contributed by atoms with E-state index in [4.69, 9.17) is 16.7 Å². The third kappa shape index (κ3) is 4.43. The second-order valence-electron chi connectivity index (χ2n) is 3.49. The van der Waals surface area contributed by atoms with Gasteiger partial charge in [-0.1, -0.05) is 0 Å². The van der Waals surface area contributed by atoms with Gasteiger partial charge in [0.05, 0.1) is 0 Å². The number of aromatic nitrogens is 2. The molecule has 1 unspecified atom stereocenters. The molecule has 0 fully saturated rings. The van der Waals surface area contributed by atoms with E-state index in [1.165, 1.54) is 0 Å². The Morgan fingerprint density at radius 1 is 1.58 bits per heavy atom. The van der Waals surface area contributed by atoms with Crippen LogP contribution in [0.15, 0.2) is 17.2 Å². The first-order valence-electron chi connectivity index (χ1n) is 4.93. The largest absolute Gasteiger partial charge is 0.480 e. The summed E-state index contributed by atoms with van der Waals surface area (Å²) in [6.07, 6.45) is -2.39. The van der Waals surface area contributed by atoms with Gasteiger partial charge in [-0.15, -0.1) is 11.6 Å². The summed E-state index contributed by atoms with van der Waals surface area (Å²) in [5, 5.41) is 8.50. The first-order valence-corrected chi connectivity index (χ1v) is 5.37. The van der Waals surface area contributed by atoms with Gasteiger partial charge in [0, 0.05) is 18.9 Å². The normalized spacial score (nSPS) is 13.1. The molecule has 1 aromatic rings. The van der Waals surface area contributed by atoms with Crippen molar-refractivity contribution in [1.82, 2.24) is 9.55 Å². The van der Waals surface area contributed by atoms with Crippen LogP contribution in [-0.4, -0.2) is 38.7 Å². The van der Waals surface area contributed by atoms with Crippen molar-refractivity contribution >= 4 is 23.4 Å². The number of nitrogens with zero attached hydrogens (tertiary/aromatic N) is 2. The van der Waals surface area contributed by atoms with Crippen molar-refractivity contribution in [3.8, 4) is 0 Å². The topological polar surface area (TPSA) is 84.2 Å². The van der Waals surface area contributed by atoms with E-state index < -0.39 is 42.0 Å². The molecular weight excluding hydrogens is 291 g/mol. The molecule has 0 saturated heterocycles. The van der Waals surface area contributed by atoms with Gasteiger partial charge in [0.25, 0.3) is 5.56 Å². The number of hydrogen-bond acceptors (Lipinski definition) is 4. The van der Waals surface area contributed by atoms with Gasteiger partial charge in [-0.25, -0.2) is 4.98 Å². The lowest BCUT2D eigenvalue weighted by Crippen LogP contribution is -2.33.